The molecule has 0 heterocycles. The van der Waals surface area contributed by atoms with E-state index in [1.54, 1.807) is 6.92 Å². The average molecular weight is 199 g/mol. The highest BCUT2D eigenvalue weighted by Gasteiger charge is 2.18. The molecule has 0 aromatic carbocycles. The van der Waals surface area contributed by atoms with Gasteiger partial charge in [0.15, 0.2) is 0 Å². The Morgan fingerprint density at radius 2 is 1.86 bits per heavy atom. The van der Waals surface area contributed by atoms with E-state index in [0.717, 1.165) is 18.9 Å². The molecular formula is C12H25NO. The van der Waals surface area contributed by atoms with E-state index in [9.17, 15) is 4.79 Å². The van der Waals surface area contributed by atoms with E-state index in [2.05, 4.69) is 33.0 Å². The molecule has 0 fully saturated rings. The van der Waals surface area contributed by atoms with Crippen LogP contribution in [-0.2, 0) is 4.79 Å². The molecule has 0 aromatic rings. The quantitative estimate of drug-likeness (QED) is 0.678. The van der Waals surface area contributed by atoms with Crippen molar-refractivity contribution >= 4 is 5.91 Å². The van der Waals surface area contributed by atoms with Gasteiger partial charge in [-0.3, -0.25) is 4.79 Å². The smallest absolute Gasteiger partial charge is 0.216 e. The number of hydrogen-bond donors (Lipinski definition) is 1. The Balaban J connectivity index is 3.41. The van der Waals surface area contributed by atoms with Crippen molar-refractivity contribution in [2.75, 3.05) is 6.54 Å². The second kappa shape index (κ2) is 6.05. The van der Waals surface area contributed by atoms with Crippen molar-refractivity contribution in [2.24, 2.45) is 11.3 Å². The number of amides is 1. The fraction of sp³-hybridized carbons (Fsp3) is 0.917. The zero-order valence-electron chi connectivity index (χ0n) is 10.3. The highest BCUT2D eigenvalue weighted by Crippen LogP contribution is 2.29. The van der Waals surface area contributed by atoms with Gasteiger partial charge >= 0.3 is 0 Å². The van der Waals surface area contributed by atoms with E-state index >= 15 is 0 Å². The molecule has 0 aromatic heterocycles. The second-order valence-corrected chi connectivity index (χ2v) is 5.25. The van der Waals surface area contributed by atoms with Crippen molar-refractivity contribution in [3.8, 4) is 0 Å². The van der Waals surface area contributed by atoms with Crippen LogP contribution in [0.25, 0.3) is 0 Å². The summed E-state index contributed by atoms with van der Waals surface area (Å²) in [6, 6.07) is 0. The lowest BCUT2D eigenvalue weighted by atomic mass is 9.79. The number of carbonyl (C=O) groups is 1. The van der Waals surface area contributed by atoms with Crippen LogP contribution in [0.15, 0.2) is 0 Å². The molecule has 0 radical (unpaired) electrons. The molecular weight excluding hydrogens is 174 g/mol. The summed E-state index contributed by atoms with van der Waals surface area (Å²) in [5.74, 6) is 0.827. The van der Waals surface area contributed by atoms with Crippen LogP contribution < -0.4 is 5.32 Å². The van der Waals surface area contributed by atoms with Crippen molar-refractivity contribution in [1.29, 1.82) is 0 Å². The maximum atomic E-state index is 10.6. The van der Waals surface area contributed by atoms with E-state index in [1.807, 2.05) is 0 Å². The minimum Gasteiger partial charge on any atom is -0.356 e. The number of hydrogen-bond acceptors (Lipinski definition) is 1. The summed E-state index contributed by atoms with van der Waals surface area (Å²) in [7, 11) is 0. The molecule has 2 heteroatoms. The van der Waals surface area contributed by atoms with E-state index < -0.39 is 0 Å². The summed E-state index contributed by atoms with van der Waals surface area (Å²) in [6.07, 6.45) is 3.56. The van der Waals surface area contributed by atoms with Crippen LogP contribution in [0.2, 0.25) is 0 Å². The zero-order valence-corrected chi connectivity index (χ0v) is 10.3. The molecule has 0 saturated heterocycles. The normalized spacial score (nSPS) is 13.8. The first-order valence-electron chi connectivity index (χ1n) is 5.58. The van der Waals surface area contributed by atoms with Crippen molar-refractivity contribution in [3.63, 3.8) is 0 Å². The predicted octanol–water partition coefficient (Wildman–Crippen LogP) is 2.98. The Kier molecular flexibility index (Phi) is 5.82. The van der Waals surface area contributed by atoms with Gasteiger partial charge in [0.05, 0.1) is 0 Å². The van der Waals surface area contributed by atoms with Crippen LogP contribution in [0.5, 0.6) is 0 Å². The maximum absolute atomic E-state index is 10.6. The third kappa shape index (κ3) is 6.93. The first-order chi connectivity index (χ1) is 6.34. The van der Waals surface area contributed by atoms with Gasteiger partial charge in [-0.15, -0.1) is 0 Å². The van der Waals surface area contributed by atoms with Gasteiger partial charge in [-0.05, 0) is 17.8 Å². The summed E-state index contributed by atoms with van der Waals surface area (Å²) in [5.41, 5.74) is 0.411. The van der Waals surface area contributed by atoms with E-state index in [1.165, 1.54) is 12.8 Å². The molecule has 0 spiro atoms. The van der Waals surface area contributed by atoms with Crippen LogP contribution in [-0.4, -0.2) is 12.5 Å². The highest BCUT2D eigenvalue weighted by atomic mass is 16.1. The van der Waals surface area contributed by atoms with Gasteiger partial charge in [0.2, 0.25) is 5.91 Å². The maximum Gasteiger partial charge on any atom is 0.216 e. The summed E-state index contributed by atoms with van der Waals surface area (Å²) in [6.45, 7) is 11.5. The molecule has 84 valence electrons. The van der Waals surface area contributed by atoms with Crippen molar-refractivity contribution in [2.45, 2.75) is 53.9 Å². The third-order valence-electron chi connectivity index (χ3n) is 2.92. The Bertz CT molecular complexity index is 170. The van der Waals surface area contributed by atoms with E-state index in [0.29, 0.717) is 5.41 Å². The number of nitrogens with one attached hydrogen (secondary N) is 1. The first-order valence-corrected chi connectivity index (χ1v) is 5.58. The summed E-state index contributed by atoms with van der Waals surface area (Å²) < 4.78 is 0. The highest BCUT2D eigenvalue weighted by molar-refractivity contribution is 5.72. The standard InChI is InChI=1S/C12H25NO/c1-10(12(3,4)5)8-6-7-9-13-11(2)14/h10H,6-9H2,1-5H3,(H,13,14)/t10-/m0/s1. The number of carbonyl (C=O) groups excluding carboxylic acids is 1. The summed E-state index contributed by atoms with van der Waals surface area (Å²) >= 11 is 0. The monoisotopic (exact) mass is 199 g/mol. The molecule has 0 aliphatic heterocycles. The largest absolute Gasteiger partial charge is 0.356 e. The summed E-state index contributed by atoms with van der Waals surface area (Å²) in [4.78, 5) is 10.6. The van der Waals surface area contributed by atoms with Gasteiger partial charge in [-0.1, -0.05) is 40.5 Å². The van der Waals surface area contributed by atoms with E-state index in [-0.39, 0.29) is 5.91 Å². The molecule has 1 N–H and O–H groups in total. The molecule has 0 aliphatic carbocycles. The molecule has 1 amide bonds. The molecule has 0 saturated carbocycles. The lowest BCUT2D eigenvalue weighted by molar-refractivity contribution is -0.118. The van der Waals surface area contributed by atoms with Crippen LogP contribution >= 0.6 is 0 Å². The van der Waals surface area contributed by atoms with Crippen LogP contribution in [0.4, 0.5) is 0 Å². The van der Waals surface area contributed by atoms with Crippen molar-refractivity contribution in [1.82, 2.24) is 5.32 Å². The Labute approximate surface area is 88.5 Å². The predicted molar refractivity (Wildman–Crippen MR) is 61.2 cm³/mol. The van der Waals surface area contributed by atoms with Gasteiger partial charge in [-0.25, -0.2) is 0 Å². The third-order valence-corrected chi connectivity index (χ3v) is 2.92. The van der Waals surface area contributed by atoms with E-state index in [4.69, 9.17) is 0 Å². The fourth-order valence-corrected chi connectivity index (χ4v) is 1.27. The van der Waals surface area contributed by atoms with Gasteiger partial charge in [0, 0.05) is 13.5 Å². The molecule has 1 atom stereocenters. The number of rotatable bonds is 5. The lowest BCUT2D eigenvalue weighted by Crippen LogP contribution is -2.21. The van der Waals surface area contributed by atoms with Gasteiger partial charge < -0.3 is 5.32 Å². The Hall–Kier alpha value is -0.530. The SMILES string of the molecule is CC(=O)NCCCC[C@H](C)C(C)(C)C. The van der Waals surface area contributed by atoms with Gasteiger partial charge in [0.25, 0.3) is 0 Å². The molecule has 0 unspecified atom stereocenters. The Morgan fingerprint density at radius 3 is 2.29 bits per heavy atom. The summed E-state index contributed by atoms with van der Waals surface area (Å²) in [5, 5.41) is 2.82. The average Bonchev–Trinajstić information content (AvgIpc) is 2.01. The second-order valence-electron chi connectivity index (χ2n) is 5.25. The fourth-order valence-electron chi connectivity index (χ4n) is 1.27. The van der Waals surface area contributed by atoms with Gasteiger partial charge in [0.1, 0.15) is 0 Å². The van der Waals surface area contributed by atoms with Crippen LogP contribution in [0.3, 0.4) is 0 Å². The minimum atomic E-state index is 0.0777. The molecule has 0 rings (SSSR count). The minimum absolute atomic E-state index is 0.0777. The van der Waals surface area contributed by atoms with Gasteiger partial charge in [-0.2, -0.15) is 0 Å². The Morgan fingerprint density at radius 1 is 1.29 bits per heavy atom. The topological polar surface area (TPSA) is 29.1 Å². The van der Waals surface area contributed by atoms with Crippen molar-refractivity contribution < 1.29 is 4.79 Å². The molecule has 2 nitrogen and oxygen atoms in total. The zero-order chi connectivity index (χ0) is 11.2. The molecule has 0 bridgehead atoms. The lowest BCUT2D eigenvalue weighted by Gasteiger charge is -2.27. The molecule has 0 aliphatic rings. The first kappa shape index (κ1) is 13.5. The van der Waals surface area contributed by atoms with Crippen molar-refractivity contribution in [3.05, 3.63) is 0 Å². The van der Waals surface area contributed by atoms with Crippen LogP contribution in [0, 0.1) is 11.3 Å². The van der Waals surface area contributed by atoms with Crippen LogP contribution in [0.1, 0.15) is 53.9 Å². The molecule has 14 heavy (non-hydrogen) atoms. The number of unbranched alkanes of at least 4 members (excludes halogenated alkanes) is 1.